The van der Waals surface area contributed by atoms with E-state index in [9.17, 15) is 27.6 Å². The van der Waals surface area contributed by atoms with Crippen LogP contribution in [-0.4, -0.2) is 60.1 Å². The van der Waals surface area contributed by atoms with Gasteiger partial charge in [-0.15, -0.1) is 0 Å². The standard InChI is InChI=1S/C30H33F3N4O4/c1-17-26(28(38)41-2)27(20-7-12-24(32)25(33)15-20)37(29(39)34-17)30(40)35-22-13-14-36(16-22)23-10-5-19(6-11-23)18-3-8-21(31)9-4-18/h3-4,7-9,12,15,19,22-23,27H,5-6,10-11,13-14,16H2,1-2H3,(H,34,39)(H,35,40). The van der Waals surface area contributed by atoms with Crippen molar-refractivity contribution in [2.24, 2.45) is 0 Å². The van der Waals surface area contributed by atoms with E-state index in [1.807, 2.05) is 12.1 Å². The number of nitrogens with one attached hydrogen (secondary N) is 2. The molecule has 1 aliphatic carbocycles. The zero-order valence-electron chi connectivity index (χ0n) is 23.0. The normalized spacial score (nSPS) is 25.2. The van der Waals surface area contributed by atoms with Gasteiger partial charge < -0.3 is 15.4 Å². The largest absolute Gasteiger partial charge is 0.466 e. The summed E-state index contributed by atoms with van der Waals surface area (Å²) >= 11 is 0. The van der Waals surface area contributed by atoms with Gasteiger partial charge in [-0.05, 0) is 80.3 Å². The number of carbonyl (C=O) groups excluding carboxylic acids is 3. The van der Waals surface area contributed by atoms with Crippen molar-refractivity contribution >= 4 is 18.0 Å². The Labute approximate surface area is 236 Å². The predicted molar refractivity (Wildman–Crippen MR) is 144 cm³/mol. The number of allylic oxidation sites excluding steroid dienone is 1. The number of ether oxygens (including phenoxy) is 1. The number of methoxy groups -OCH3 is 1. The van der Waals surface area contributed by atoms with Gasteiger partial charge in [-0.2, -0.15) is 0 Å². The molecule has 0 spiro atoms. The maximum atomic E-state index is 14.2. The lowest BCUT2D eigenvalue weighted by Gasteiger charge is -2.37. The third kappa shape index (κ3) is 5.95. The Bertz CT molecular complexity index is 1360. The summed E-state index contributed by atoms with van der Waals surface area (Å²) in [6.45, 7) is 2.86. The first-order valence-corrected chi connectivity index (χ1v) is 13.8. The molecule has 41 heavy (non-hydrogen) atoms. The number of imide groups is 1. The van der Waals surface area contributed by atoms with Crippen molar-refractivity contribution in [3.05, 3.63) is 82.3 Å². The fraction of sp³-hybridized carbons (Fsp3) is 0.433. The van der Waals surface area contributed by atoms with Crippen LogP contribution in [-0.2, 0) is 9.53 Å². The van der Waals surface area contributed by atoms with E-state index in [0.29, 0.717) is 24.9 Å². The van der Waals surface area contributed by atoms with Crippen LogP contribution in [0.3, 0.4) is 0 Å². The average Bonchev–Trinajstić information content (AvgIpc) is 3.42. The highest BCUT2D eigenvalue weighted by Crippen LogP contribution is 2.37. The van der Waals surface area contributed by atoms with Crippen LogP contribution in [0.15, 0.2) is 53.7 Å². The number of carbonyl (C=O) groups is 3. The molecule has 1 saturated carbocycles. The Morgan fingerprint density at radius 1 is 0.951 bits per heavy atom. The number of benzene rings is 2. The molecule has 5 rings (SSSR count). The van der Waals surface area contributed by atoms with Crippen LogP contribution in [0.4, 0.5) is 22.8 Å². The third-order valence-corrected chi connectivity index (χ3v) is 8.43. The summed E-state index contributed by atoms with van der Waals surface area (Å²) in [5, 5.41) is 5.43. The highest BCUT2D eigenvalue weighted by molar-refractivity contribution is 6.01. The highest BCUT2D eigenvalue weighted by Gasteiger charge is 2.43. The zero-order valence-corrected chi connectivity index (χ0v) is 23.0. The molecule has 1 saturated heterocycles. The SMILES string of the molecule is COC(=O)C1=C(C)NC(=O)N(C(=O)NC2CCN(C3CCC(c4ccc(F)cc4)CC3)C2)C1c1ccc(F)c(F)c1. The quantitative estimate of drug-likeness (QED) is 0.487. The number of urea groups is 2. The summed E-state index contributed by atoms with van der Waals surface area (Å²) in [6.07, 6.45) is 4.64. The van der Waals surface area contributed by atoms with Crippen molar-refractivity contribution in [1.29, 1.82) is 0 Å². The lowest BCUT2D eigenvalue weighted by Crippen LogP contribution is -2.56. The first-order chi connectivity index (χ1) is 19.7. The minimum atomic E-state index is -1.31. The monoisotopic (exact) mass is 570 g/mol. The van der Waals surface area contributed by atoms with Gasteiger partial charge in [-0.25, -0.2) is 32.5 Å². The Hall–Kier alpha value is -3.86. The van der Waals surface area contributed by atoms with Crippen LogP contribution >= 0.6 is 0 Å². The molecule has 2 atom stereocenters. The number of amides is 4. The van der Waals surface area contributed by atoms with Crippen molar-refractivity contribution in [1.82, 2.24) is 20.4 Å². The Morgan fingerprint density at radius 3 is 2.29 bits per heavy atom. The number of nitrogens with zero attached hydrogens (tertiary/aromatic N) is 2. The van der Waals surface area contributed by atoms with Gasteiger partial charge in [-0.3, -0.25) is 4.90 Å². The van der Waals surface area contributed by atoms with Crippen molar-refractivity contribution in [2.75, 3.05) is 20.2 Å². The first kappa shape index (κ1) is 28.7. The van der Waals surface area contributed by atoms with Crippen molar-refractivity contribution in [2.45, 2.75) is 63.1 Å². The van der Waals surface area contributed by atoms with E-state index >= 15 is 0 Å². The molecule has 2 N–H and O–H groups in total. The fourth-order valence-electron chi connectivity index (χ4n) is 6.31. The van der Waals surface area contributed by atoms with Gasteiger partial charge >= 0.3 is 18.0 Å². The molecule has 0 radical (unpaired) electrons. The van der Waals surface area contributed by atoms with Crippen molar-refractivity contribution in [3.63, 3.8) is 0 Å². The minimum Gasteiger partial charge on any atom is -0.466 e. The molecule has 2 fully saturated rings. The van der Waals surface area contributed by atoms with E-state index in [0.717, 1.165) is 61.9 Å². The molecule has 0 aromatic heterocycles. The first-order valence-electron chi connectivity index (χ1n) is 13.8. The topological polar surface area (TPSA) is 91.0 Å². The molecule has 4 amide bonds. The number of esters is 1. The second-order valence-electron chi connectivity index (χ2n) is 10.9. The van der Waals surface area contributed by atoms with Gasteiger partial charge in [0.25, 0.3) is 0 Å². The maximum absolute atomic E-state index is 14.2. The zero-order chi connectivity index (χ0) is 29.3. The molecule has 2 aliphatic heterocycles. The Kier molecular flexibility index (Phi) is 8.35. The van der Waals surface area contributed by atoms with Gasteiger partial charge in [0.1, 0.15) is 11.9 Å². The Balaban J connectivity index is 1.27. The second kappa shape index (κ2) is 11.9. The fourth-order valence-corrected chi connectivity index (χ4v) is 6.31. The molecular weight excluding hydrogens is 537 g/mol. The molecule has 2 aromatic carbocycles. The maximum Gasteiger partial charge on any atom is 0.337 e. The third-order valence-electron chi connectivity index (χ3n) is 8.43. The molecule has 3 aliphatic rings. The van der Waals surface area contributed by atoms with Gasteiger partial charge in [-0.1, -0.05) is 18.2 Å². The summed E-state index contributed by atoms with van der Waals surface area (Å²) in [5.74, 6) is -2.91. The van der Waals surface area contributed by atoms with Gasteiger partial charge in [0, 0.05) is 30.9 Å². The lowest BCUT2D eigenvalue weighted by atomic mass is 9.81. The number of rotatable bonds is 5. The van der Waals surface area contributed by atoms with Gasteiger partial charge in [0.05, 0.1) is 12.7 Å². The number of hydrogen-bond donors (Lipinski definition) is 2. The molecule has 11 heteroatoms. The summed E-state index contributed by atoms with van der Waals surface area (Å²) in [4.78, 5) is 42.5. The van der Waals surface area contributed by atoms with E-state index < -0.39 is 35.7 Å². The van der Waals surface area contributed by atoms with Crippen LogP contribution in [0.5, 0.6) is 0 Å². The lowest BCUT2D eigenvalue weighted by molar-refractivity contribution is -0.136. The van der Waals surface area contributed by atoms with Crippen LogP contribution in [0.1, 0.15) is 62.1 Å². The van der Waals surface area contributed by atoms with Crippen LogP contribution in [0, 0.1) is 17.5 Å². The second-order valence-corrected chi connectivity index (χ2v) is 10.9. The Morgan fingerprint density at radius 2 is 1.63 bits per heavy atom. The summed E-state index contributed by atoms with van der Waals surface area (Å²) < 4.78 is 46.1. The molecular formula is C30H33F3N4O4. The van der Waals surface area contributed by atoms with Crippen LogP contribution < -0.4 is 10.6 Å². The molecule has 0 bridgehead atoms. The van der Waals surface area contributed by atoms with E-state index in [2.05, 4.69) is 15.5 Å². The molecule has 2 unspecified atom stereocenters. The van der Waals surface area contributed by atoms with E-state index in [1.54, 1.807) is 0 Å². The van der Waals surface area contributed by atoms with Crippen LogP contribution in [0.2, 0.25) is 0 Å². The summed E-state index contributed by atoms with van der Waals surface area (Å²) in [7, 11) is 1.16. The van der Waals surface area contributed by atoms with E-state index in [1.165, 1.54) is 25.1 Å². The van der Waals surface area contributed by atoms with E-state index in [4.69, 9.17) is 4.74 Å². The van der Waals surface area contributed by atoms with Crippen molar-refractivity contribution < 1.29 is 32.3 Å². The van der Waals surface area contributed by atoms with Crippen LogP contribution in [0.25, 0.3) is 0 Å². The average molecular weight is 571 g/mol. The highest BCUT2D eigenvalue weighted by atomic mass is 19.2. The molecule has 2 heterocycles. The molecule has 2 aromatic rings. The predicted octanol–water partition coefficient (Wildman–Crippen LogP) is 5.13. The minimum absolute atomic E-state index is 0.0552. The summed E-state index contributed by atoms with van der Waals surface area (Å²) in [5.41, 5.74) is 1.31. The number of likely N-dealkylation sites (tertiary alicyclic amines) is 1. The number of halogens is 3. The number of hydrogen-bond acceptors (Lipinski definition) is 5. The molecule has 218 valence electrons. The van der Waals surface area contributed by atoms with Gasteiger partial charge in [0.15, 0.2) is 11.6 Å². The smallest absolute Gasteiger partial charge is 0.337 e. The van der Waals surface area contributed by atoms with Crippen molar-refractivity contribution in [3.8, 4) is 0 Å². The molecule has 8 nitrogen and oxygen atoms in total. The van der Waals surface area contributed by atoms with Gasteiger partial charge in [0.2, 0.25) is 0 Å². The summed E-state index contributed by atoms with van der Waals surface area (Å²) in [6, 6.07) is 6.95. The van der Waals surface area contributed by atoms with E-state index in [-0.39, 0.29) is 28.7 Å².